The predicted octanol–water partition coefficient (Wildman–Crippen LogP) is 3.60. The first-order chi connectivity index (χ1) is 8.69. The average Bonchev–Trinajstić information content (AvgIpc) is 2.38. The van der Waals surface area contributed by atoms with E-state index >= 15 is 0 Å². The van der Waals surface area contributed by atoms with Crippen molar-refractivity contribution in [2.75, 3.05) is 11.5 Å². The van der Waals surface area contributed by atoms with E-state index in [0.29, 0.717) is 22.7 Å². The molecule has 0 aliphatic heterocycles. The van der Waals surface area contributed by atoms with Gasteiger partial charge in [0.2, 0.25) is 0 Å². The van der Waals surface area contributed by atoms with E-state index in [2.05, 4.69) is 21.9 Å². The van der Waals surface area contributed by atoms with Gasteiger partial charge in [-0.05, 0) is 43.1 Å². The molecule has 0 radical (unpaired) electrons. The summed E-state index contributed by atoms with van der Waals surface area (Å²) in [6.45, 7) is 3.46. The molecule has 0 saturated heterocycles. The third-order valence-corrected chi connectivity index (χ3v) is 2.34. The Kier molecular flexibility index (Phi) is 3.33. The molecule has 0 saturated carbocycles. The van der Waals surface area contributed by atoms with Crippen LogP contribution in [0.15, 0.2) is 57.7 Å². The number of nitrogens with two attached hydrogens (primary N) is 2. The van der Waals surface area contributed by atoms with Crippen LogP contribution in [-0.2, 0) is 0 Å². The molecule has 0 bridgehead atoms. The zero-order valence-electron chi connectivity index (χ0n) is 9.74. The van der Waals surface area contributed by atoms with E-state index < -0.39 is 0 Å². The molecule has 0 atom stereocenters. The molecular weight excluding hydrogens is 226 g/mol. The fourth-order valence-electron chi connectivity index (χ4n) is 1.43. The van der Waals surface area contributed by atoms with Gasteiger partial charge in [0.05, 0.1) is 17.1 Å². The molecule has 0 spiro atoms. The smallest absolute Gasteiger partial charge is 0.109 e. The quantitative estimate of drug-likeness (QED) is 0.486. The first-order valence-corrected chi connectivity index (χ1v) is 5.32. The molecule has 0 fully saturated rings. The van der Waals surface area contributed by atoms with Gasteiger partial charge in [0.25, 0.3) is 0 Å². The summed E-state index contributed by atoms with van der Waals surface area (Å²) in [6.07, 6.45) is 0. The Hall–Kier alpha value is -2.69. The highest BCUT2D eigenvalue weighted by atomic mass is 15.1. The van der Waals surface area contributed by atoms with Crippen molar-refractivity contribution in [3.05, 3.63) is 42.5 Å². The molecule has 0 unspecified atom stereocenters. The van der Waals surface area contributed by atoms with Crippen LogP contribution in [0, 0.1) is 0 Å². The molecule has 0 aliphatic carbocycles. The zero-order valence-corrected chi connectivity index (χ0v) is 9.74. The average molecular weight is 239 g/mol. The van der Waals surface area contributed by atoms with Crippen molar-refractivity contribution < 1.29 is 0 Å². The topological polar surface area (TPSA) is 89.1 Å². The molecule has 2 aromatic carbocycles. The number of nitrogen functional groups attached to an aromatic ring is 2. The van der Waals surface area contributed by atoms with Gasteiger partial charge in [-0.1, -0.05) is 6.07 Å². The monoisotopic (exact) mass is 239 g/mol. The second-order valence-corrected chi connectivity index (χ2v) is 3.70. The minimum absolute atomic E-state index is 0.497. The van der Waals surface area contributed by atoms with Crippen LogP contribution in [0.4, 0.5) is 28.4 Å². The summed E-state index contributed by atoms with van der Waals surface area (Å²) < 4.78 is 0. The number of azo groups is 1. The lowest BCUT2D eigenvalue weighted by Gasteiger charge is -2.00. The highest BCUT2D eigenvalue weighted by molar-refractivity contribution is 5.67. The third-order valence-electron chi connectivity index (χ3n) is 2.34. The number of hydrogen-bond acceptors (Lipinski definition) is 5. The van der Waals surface area contributed by atoms with E-state index in [9.17, 15) is 0 Å². The van der Waals surface area contributed by atoms with E-state index in [-0.39, 0.29) is 0 Å². The molecule has 0 heterocycles. The fourth-order valence-corrected chi connectivity index (χ4v) is 1.43. The Morgan fingerprint density at radius 1 is 0.889 bits per heavy atom. The van der Waals surface area contributed by atoms with Crippen LogP contribution in [0.2, 0.25) is 0 Å². The Balaban J connectivity index is 2.26. The SMILES string of the molecule is C=Nc1cccc(N=Nc2ccc(N)cc2N)c1. The standard InChI is InChI=1S/C13H13N5/c1-16-10-3-2-4-11(8-10)17-18-13-6-5-9(14)7-12(13)15/h2-8H,1,14-15H2. The van der Waals surface area contributed by atoms with E-state index in [1.54, 1.807) is 24.3 Å². The van der Waals surface area contributed by atoms with E-state index in [0.717, 1.165) is 5.69 Å². The van der Waals surface area contributed by atoms with Crippen LogP contribution in [0.3, 0.4) is 0 Å². The lowest BCUT2D eigenvalue weighted by atomic mass is 10.2. The third kappa shape index (κ3) is 2.70. The van der Waals surface area contributed by atoms with Crippen molar-refractivity contribution in [3.63, 3.8) is 0 Å². The fraction of sp³-hybridized carbons (Fsp3) is 0. The van der Waals surface area contributed by atoms with Gasteiger partial charge in [0.1, 0.15) is 5.69 Å². The molecule has 0 aliphatic rings. The van der Waals surface area contributed by atoms with E-state index in [1.807, 2.05) is 18.2 Å². The van der Waals surface area contributed by atoms with Gasteiger partial charge < -0.3 is 11.5 Å². The van der Waals surface area contributed by atoms with Crippen molar-refractivity contribution in [3.8, 4) is 0 Å². The predicted molar refractivity (Wildman–Crippen MR) is 75.1 cm³/mol. The zero-order chi connectivity index (χ0) is 13.0. The van der Waals surface area contributed by atoms with Gasteiger partial charge in [0, 0.05) is 5.69 Å². The van der Waals surface area contributed by atoms with Gasteiger partial charge in [-0.25, -0.2) is 0 Å². The number of nitrogens with zero attached hydrogens (tertiary/aromatic N) is 3. The number of hydrogen-bond donors (Lipinski definition) is 2. The van der Waals surface area contributed by atoms with Crippen LogP contribution in [0.25, 0.3) is 0 Å². The molecule has 2 aromatic rings. The van der Waals surface area contributed by atoms with Crippen LogP contribution in [-0.4, -0.2) is 6.72 Å². The number of rotatable bonds is 3. The van der Waals surface area contributed by atoms with Crippen LogP contribution in [0.1, 0.15) is 0 Å². The molecule has 0 amide bonds. The van der Waals surface area contributed by atoms with Gasteiger partial charge in [-0.2, -0.15) is 5.11 Å². The van der Waals surface area contributed by atoms with Crippen molar-refractivity contribution in [1.29, 1.82) is 0 Å². The van der Waals surface area contributed by atoms with Gasteiger partial charge in [0.15, 0.2) is 0 Å². The normalized spacial score (nSPS) is 10.7. The summed E-state index contributed by atoms with van der Waals surface area (Å²) >= 11 is 0. The summed E-state index contributed by atoms with van der Waals surface area (Å²) in [5.74, 6) is 0. The molecular formula is C13H13N5. The Labute approximate surface area is 105 Å². The van der Waals surface area contributed by atoms with Crippen molar-refractivity contribution in [2.24, 2.45) is 15.2 Å². The largest absolute Gasteiger partial charge is 0.399 e. The van der Waals surface area contributed by atoms with E-state index in [1.165, 1.54) is 0 Å². The maximum atomic E-state index is 5.78. The van der Waals surface area contributed by atoms with Crippen molar-refractivity contribution in [2.45, 2.75) is 0 Å². The van der Waals surface area contributed by atoms with Gasteiger partial charge >= 0.3 is 0 Å². The first-order valence-electron chi connectivity index (χ1n) is 5.32. The Bertz CT molecular complexity index is 604. The number of benzene rings is 2. The van der Waals surface area contributed by atoms with Gasteiger partial charge in [-0.15, -0.1) is 5.11 Å². The molecule has 18 heavy (non-hydrogen) atoms. The minimum Gasteiger partial charge on any atom is -0.399 e. The highest BCUT2D eigenvalue weighted by Gasteiger charge is 1.98. The van der Waals surface area contributed by atoms with E-state index in [4.69, 9.17) is 11.5 Å². The Morgan fingerprint density at radius 3 is 2.39 bits per heavy atom. The lowest BCUT2D eigenvalue weighted by molar-refractivity contribution is 1.23. The Morgan fingerprint density at radius 2 is 1.67 bits per heavy atom. The maximum Gasteiger partial charge on any atom is 0.109 e. The second-order valence-electron chi connectivity index (χ2n) is 3.70. The second kappa shape index (κ2) is 5.09. The molecule has 2 rings (SSSR count). The number of anilines is 2. The van der Waals surface area contributed by atoms with Crippen LogP contribution >= 0.6 is 0 Å². The van der Waals surface area contributed by atoms with Crippen LogP contribution < -0.4 is 11.5 Å². The summed E-state index contributed by atoms with van der Waals surface area (Å²) in [4.78, 5) is 3.82. The summed E-state index contributed by atoms with van der Waals surface area (Å²) in [5, 5.41) is 8.17. The minimum atomic E-state index is 0.497. The molecule has 4 N–H and O–H groups in total. The van der Waals surface area contributed by atoms with Crippen molar-refractivity contribution in [1.82, 2.24) is 0 Å². The first kappa shape index (κ1) is 11.8. The molecule has 0 aromatic heterocycles. The van der Waals surface area contributed by atoms with Crippen molar-refractivity contribution >= 4 is 35.2 Å². The molecule has 5 nitrogen and oxygen atoms in total. The molecule has 5 heteroatoms. The summed E-state index contributed by atoms with van der Waals surface area (Å²) in [7, 11) is 0. The maximum absolute atomic E-state index is 5.78. The van der Waals surface area contributed by atoms with Gasteiger partial charge in [-0.3, -0.25) is 4.99 Å². The summed E-state index contributed by atoms with van der Waals surface area (Å²) in [5.41, 5.74) is 14.5. The van der Waals surface area contributed by atoms with Crippen LogP contribution in [0.5, 0.6) is 0 Å². The summed E-state index contributed by atoms with van der Waals surface area (Å²) in [6, 6.07) is 12.4. The lowest BCUT2D eigenvalue weighted by Crippen LogP contribution is -1.89. The molecule has 90 valence electrons. The number of aliphatic imine (C=N–C) groups is 1. The highest BCUT2D eigenvalue weighted by Crippen LogP contribution is 2.27.